The molecule has 2 heteroatoms. The topological polar surface area (TPSA) is 15.3 Å². The molecule has 0 radical (unpaired) electrons. The molecule has 1 aliphatic carbocycles. The molecular formula is C17H26N2. The van der Waals surface area contributed by atoms with Crippen molar-refractivity contribution >= 4 is 0 Å². The van der Waals surface area contributed by atoms with Crippen molar-refractivity contribution in [2.75, 3.05) is 13.1 Å². The molecule has 2 aliphatic rings. The molecule has 1 aromatic rings. The highest BCUT2D eigenvalue weighted by molar-refractivity contribution is 5.21. The molecule has 1 aromatic carbocycles. The monoisotopic (exact) mass is 258 g/mol. The number of aryl methyl sites for hydroxylation is 1. The first-order valence-corrected chi connectivity index (χ1v) is 7.84. The van der Waals surface area contributed by atoms with Gasteiger partial charge in [-0.25, -0.2) is 0 Å². The summed E-state index contributed by atoms with van der Waals surface area (Å²) in [5, 5.41) is 3.69. The Morgan fingerprint density at radius 3 is 2.53 bits per heavy atom. The standard InChI is InChI=1S/C17H26N2/c1-14-5-7-15(8-6-14)12-19(17-9-10-17)13-16-4-2-3-11-18-16/h5-8,16-18H,2-4,9-13H2,1H3. The lowest BCUT2D eigenvalue weighted by atomic mass is 10.0. The summed E-state index contributed by atoms with van der Waals surface area (Å²) in [6.45, 7) is 5.74. The Morgan fingerprint density at radius 2 is 1.89 bits per heavy atom. The fourth-order valence-corrected chi connectivity index (χ4v) is 3.07. The maximum absolute atomic E-state index is 3.69. The van der Waals surface area contributed by atoms with Crippen LogP contribution in [0.25, 0.3) is 0 Å². The molecule has 1 heterocycles. The average Bonchev–Trinajstić information content (AvgIpc) is 3.26. The number of hydrogen-bond donors (Lipinski definition) is 1. The SMILES string of the molecule is Cc1ccc(CN(CC2CCCCN2)C2CC2)cc1. The number of nitrogens with one attached hydrogen (secondary N) is 1. The minimum Gasteiger partial charge on any atom is -0.313 e. The lowest BCUT2D eigenvalue weighted by Crippen LogP contribution is -2.44. The van der Waals surface area contributed by atoms with E-state index < -0.39 is 0 Å². The molecular weight excluding hydrogens is 232 g/mol. The van der Waals surface area contributed by atoms with Crippen LogP contribution in [0.15, 0.2) is 24.3 Å². The van der Waals surface area contributed by atoms with Crippen molar-refractivity contribution in [2.45, 2.75) is 57.7 Å². The fraction of sp³-hybridized carbons (Fsp3) is 0.647. The Balaban J connectivity index is 1.59. The smallest absolute Gasteiger partial charge is 0.0237 e. The van der Waals surface area contributed by atoms with Crippen LogP contribution < -0.4 is 5.32 Å². The number of hydrogen-bond acceptors (Lipinski definition) is 2. The van der Waals surface area contributed by atoms with E-state index in [0.717, 1.165) is 18.6 Å². The van der Waals surface area contributed by atoms with Crippen LogP contribution in [0.3, 0.4) is 0 Å². The van der Waals surface area contributed by atoms with Crippen LogP contribution in [0.4, 0.5) is 0 Å². The van der Waals surface area contributed by atoms with E-state index in [1.807, 2.05) is 0 Å². The molecule has 0 bridgehead atoms. The van der Waals surface area contributed by atoms with Gasteiger partial charge in [0.15, 0.2) is 0 Å². The van der Waals surface area contributed by atoms with Crippen molar-refractivity contribution in [3.05, 3.63) is 35.4 Å². The van der Waals surface area contributed by atoms with Gasteiger partial charge in [0.2, 0.25) is 0 Å². The van der Waals surface area contributed by atoms with Gasteiger partial charge in [-0.3, -0.25) is 4.90 Å². The third-order valence-corrected chi connectivity index (χ3v) is 4.44. The van der Waals surface area contributed by atoms with Crippen molar-refractivity contribution in [2.24, 2.45) is 0 Å². The predicted octanol–water partition coefficient (Wildman–Crippen LogP) is 3.10. The zero-order valence-electron chi connectivity index (χ0n) is 12.1. The van der Waals surface area contributed by atoms with E-state index >= 15 is 0 Å². The van der Waals surface area contributed by atoms with Crippen molar-refractivity contribution in [1.29, 1.82) is 0 Å². The molecule has 1 atom stereocenters. The van der Waals surface area contributed by atoms with Crippen molar-refractivity contribution < 1.29 is 0 Å². The van der Waals surface area contributed by atoms with Gasteiger partial charge in [-0.15, -0.1) is 0 Å². The molecule has 2 nitrogen and oxygen atoms in total. The Hall–Kier alpha value is -0.860. The first kappa shape index (κ1) is 13.1. The van der Waals surface area contributed by atoms with E-state index in [1.165, 1.54) is 56.3 Å². The summed E-state index contributed by atoms with van der Waals surface area (Å²) < 4.78 is 0. The van der Waals surface area contributed by atoms with Gasteiger partial charge < -0.3 is 5.32 Å². The highest BCUT2D eigenvalue weighted by Crippen LogP contribution is 2.29. The minimum atomic E-state index is 0.722. The van der Waals surface area contributed by atoms with E-state index in [-0.39, 0.29) is 0 Å². The summed E-state index contributed by atoms with van der Waals surface area (Å²) in [7, 11) is 0. The summed E-state index contributed by atoms with van der Waals surface area (Å²) in [5.41, 5.74) is 2.82. The second-order valence-electron chi connectivity index (χ2n) is 6.29. The number of rotatable bonds is 5. The van der Waals surface area contributed by atoms with Crippen molar-refractivity contribution in [3.63, 3.8) is 0 Å². The maximum atomic E-state index is 3.69. The van der Waals surface area contributed by atoms with Crippen LogP contribution in [0.2, 0.25) is 0 Å². The number of benzene rings is 1. The van der Waals surface area contributed by atoms with Crippen LogP contribution in [-0.2, 0) is 6.54 Å². The van der Waals surface area contributed by atoms with E-state index in [1.54, 1.807) is 0 Å². The lowest BCUT2D eigenvalue weighted by Gasteiger charge is -2.30. The van der Waals surface area contributed by atoms with Crippen molar-refractivity contribution in [3.8, 4) is 0 Å². The molecule has 0 spiro atoms. The van der Waals surface area contributed by atoms with Gasteiger partial charge in [-0.2, -0.15) is 0 Å². The number of nitrogens with zero attached hydrogens (tertiary/aromatic N) is 1. The molecule has 3 rings (SSSR count). The Labute approximate surface area is 117 Å². The fourth-order valence-electron chi connectivity index (χ4n) is 3.07. The van der Waals surface area contributed by atoms with Gasteiger partial charge in [0.05, 0.1) is 0 Å². The Kier molecular flexibility index (Phi) is 4.19. The molecule has 1 saturated heterocycles. The van der Waals surface area contributed by atoms with E-state index in [9.17, 15) is 0 Å². The van der Waals surface area contributed by atoms with Crippen LogP contribution in [-0.4, -0.2) is 30.1 Å². The van der Waals surface area contributed by atoms with Gasteiger partial charge in [-0.1, -0.05) is 36.2 Å². The summed E-state index contributed by atoms with van der Waals surface area (Å²) in [4.78, 5) is 2.70. The third-order valence-electron chi connectivity index (χ3n) is 4.44. The first-order chi connectivity index (χ1) is 9.31. The quantitative estimate of drug-likeness (QED) is 0.873. The zero-order valence-corrected chi connectivity index (χ0v) is 12.1. The molecule has 1 N–H and O–H groups in total. The number of piperidine rings is 1. The van der Waals surface area contributed by atoms with Gasteiger partial charge in [0, 0.05) is 25.2 Å². The van der Waals surface area contributed by atoms with Crippen LogP contribution in [0, 0.1) is 6.92 Å². The van der Waals surface area contributed by atoms with Crippen LogP contribution >= 0.6 is 0 Å². The minimum absolute atomic E-state index is 0.722. The van der Waals surface area contributed by atoms with Crippen molar-refractivity contribution in [1.82, 2.24) is 10.2 Å². The van der Waals surface area contributed by atoms with Gasteiger partial charge in [0.1, 0.15) is 0 Å². The van der Waals surface area contributed by atoms with E-state index in [4.69, 9.17) is 0 Å². The Morgan fingerprint density at radius 1 is 1.11 bits per heavy atom. The molecule has 2 fully saturated rings. The van der Waals surface area contributed by atoms with Crippen LogP contribution in [0.1, 0.15) is 43.2 Å². The normalized spacial score (nSPS) is 23.8. The molecule has 1 saturated carbocycles. The average molecular weight is 258 g/mol. The second-order valence-corrected chi connectivity index (χ2v) is 6.29. The van der Waals surface area contributed by atoms with Gasteiger partial charge in [-0.05, 0) is 44.7 Å². The molecule has 104 valence electrons. The third kappa shape index (κ3) is 3.80. The molecule has 0 amide bonds. The highest BCUT2D eigenvalue weighted by atomic mass is 15.2. The first-order valence-electron chi connectivity index (χ1n) is 7.84. The van der Waals surface area contributed by atoms with E-state index in [2.05, 4.69) is 41.4 Å². The van der Waals surface area contributed by atoms with Crippen LogP contribution in [0.5, 0.6) is 0 Å². The second kappa shape index (κ2) is 6.06. The van der Waals surface area contributed by atoms with Gasteiger partial charge >= 0.3 is 0 Å². The summed E-state index contributed by atoms with van der Waals surface area (Å²) >= 11 is 0. The predicted molar refractivity (Wildman–Crippen MR) is 80.3 cm³/mol. The molecule has 1 unspecified atom stereocenters. The summed E-state index contributed by atoms with van der Waals surface area (Å²) in [6.07, 6.45) is 6.92. The zero-order chi connectivity index (χ0) is 13.1. The summed E-state index contributed by atoms with van der Waals surface area (Å²) in [5.74, 6) is 0. The lowest BCUT2D eigenvalue weighted by molar-refractivity contribution is 0.208. The van der Waals surface area contributed by atoms with Gasteiger partial charge in [0.25, 0.3) is 0 Å². The highest BCUT2D eigenvalue weighted by Gasteiger charge is 2.30. The van der Waals surface area contributed by atoms with E-state index in [0.29, 0.717) is 0 Å². The summed E-state index contributed by atoms with van der Waals surface area (Å²) in [6, 6.07) is 10.6. The molecule has 0 aromatic heterocycles. The largest absolute Gasteiger partial charge is 0.313 e. The molecule has 19 heavy (non-hydrogen) atoms. The maximum Gasteiger partial charge on any atom is 0.0237 e. The Bertz CT molecular complexity index is 388. The molecule has 1 aliphatic heterocycles.